The first-order valence-corrected chi connectivity index (χ1v) is 7.32. The Morgan fingerprint density at radius 1 is 1.58 bits per heavy atom. The molecule has 1 fully saturated rings. The highest BCUT2D eigenvalue weighted by Crippen LogP contribution is 2.24. The number of aliphatic hydroxyl groups is 1. The molecule has 0 radical (unpaired) electrons. The summed E-state index contributed by atoms with van der Waals surface area (Å²) in [6, 6.07) is 5.75. The predicted octanol–water partition coefficient (Wildman–Crippen LogP) is 3.05. The molecule has 1 heterocycles. The minimum atomic E-state index is 0.231. The van der Waals surface area contributed by atoms with Gasteiger partial charge < -0.3 is 15.3 Å². The predicted molar refractivity (Wildman–Crippen MR) is 83.8 cm³/mol. The van der Waals surface area contributed by atoms with Crippen molar-refractivity contribution in [2.75, 3.05) is 25.0 Å². The first-order valence-electron chi connectivity index (χ1n) is 6.53. The van der Waals surface area contributed by atoms with Crippen LogP contribution in [0.25, 0.3) is 0 Å². The van der Waals surface area contributed by atoms with Crippen LogP contribution in [0.4, 0.5) is 5.69 Å². The Kier molecular flexibility index (Phi) is 5.02. The van der Waals surface area contributed by atoms with E-state index in [9.17, 15) is 5.11 Å². The Balaban J connectivity index is 2.02. The largest absolute Gasteiger partial charge is 0.396 e. The summed E-state index contributed by atoms with van der Waals surface area (Å²) in [7, 11) is 0. The van der Waals surface area contributed by atoms with Gasteiger partial charge in [-0.05, 0) is 55.6 Å². The first kappa shape index (κ1) is 14.6. The van der Waals surface area contributed by atoms with E-state index >= 15 is 0 Å². The molecule has 2 rings (SSSR count). The molecule has 0 amide bonds. The van der Waals surface area contributed by atoms with Crippen molar-refractivity contribution in [1.29, 1.82) is 0 Å². The van der Waals surface area contributed by atoms with Gasteiger partial charge in [0.15, 0.2) is 5.11 Å². The Morgan fingerprint density at radius 2 is 2.37 bits per heavy atom. The van der Waals surface area contributed by atoms with Crippen molar-refractivity contribution in [3.63, 3.8) is 0 Å². The summed E-state index contributed by atoms with van der Waals surface area (Å²) in [6.07, 6.45) is 2.15. The molecule has 0 aliphatic carbocycles. The van der Waals surface area contributed by atoms with E-state index < -0.39 is 0 Å². The number of likely N-dealkylation sites (tertiary alicyclic amines) is 1. The standard InChI is InChI=1S/C14H19ClN2OS/c1-10-12(15)5-2-6-13(10)16-14(19)17-7-3-4-11(8-17)9-18/h2,5-6,11,18H,3-4,7-9H2,1H3,(H,16,19)/t11-/m0/s1. The summed E-state index contributed by atoms with van der Waals surface area (Å²) < 4.78 is 0. The molecule has 5 heteroatoms. The van der Waals surface area contributed by atoms with Gasteiger partial charge in [-0.25, -0.2) is 0 Å². The van der Waals surface area contributed by atoms with Crippen LogP contribution >= 0.6 is 23.8 Å². The fourth-order valence-corrected chi connectivity index (χ4v) is 2.79. The number of anilines is 1. The van der Waals surface area contributed by atoms with Gasteiger partial charge in [0.1, 0.15) is 0 Å². The van der Waals surface area contributed by atoms with E-state index in [0.29, 0.717) is 11.0 Å². The van der Waals surface area contributed by atoms with Crippen LogP contribution in [-0.4, -0.2) is 34.8 Å². The lowest BCUT2D eigenvalue weighted by Gasteiger charge is -2.34. The van der Waals surface area contributed by atoms with Crippen LogP contribution in [0, 0.1) is 12.8 Å². The topological polar surface area (TPSA) is 35.5 Å². The third-order valence-electron chi connectivity index (χ3n) is 3.57. The van der Waals surface area contributed by atoms with Crippen molar-refractivity contribution >= 4 is 34.6 Å². The van der Waals surface area contributed by atoms with Crippen molar-refractivity contribution in [3.8, 4) is 0 Å². The van der Waals surface area contributed by atoms with Gasteiger partial charge in [0.05, 0.1) is 0 Å². The maximum absolute atomic E-state index is 9.25. The van der Waals surface area contributed by atoms with Gasteiger partial charge in [-0.1, -0.05) is 17.7 Å². The van der Waals surface area contributed by atoms with E-state index in [-0.39, 0.29) is 6.61 Å². The molecule has 0 bridgehead atoms. The molecule has 0 spiro atoms. The lowest BCUT2D eigenvalue weighted by molar-refractivity contribution is 0.162. The summed E-state index contributed by atoms with van der Waals surface area (Å²) in [4.78, 5) is 2.13. The van der Waals surface area contributed by atoms with Gasteiger partial charge >= 0.3 is 0 Å². The van der Waals surface area contributed by atoms with Crippen LogP contribution in [0.15, 0.2) is 18.2 Å². The summed E-state index contributed by atoms with van der Waals surface area (Å²) in [6.45, 7) is 3.97. The van der Waals surface area contributed by atoms with Gasteiger partial charge in [0.25, 0.3) is 0 Å². The van der Waals surface area contributed by atoms with Crippen LogP contribution in [0.3, 0.4) is 0 Å². The van der Waals surface area contributed by atoms with Crippen LogP contribution < -0.4 is 5.32 Å². The lowest BCUT2D eigenvalue weighted by Crippen LogP contribution is -2.43. The molecular formula is C14H19ClN2OS. The molecule has 1 aromatic rings. The number of aliphatic hydroxyl groups excluding tert-OH is 1. The quantitative estimate of drug-likeness (QED) is 0.823. The molecule has 1 saturated heterocycles. The smallest absolute Gasteiger partial charge is 0.173 e. The van der Waals surface area contributed by atoms with Crippen LogP contribution in [-0.2, 0) is 0 Å². The summed E-state index contributed by atoms with van der Waals surface area (Å²) in [5.74, 6) is 0.328. The number of nitrogens with one attached hydrogen (secondary N) is 1. The fraction of sp³-hybridized carbons (Fsp3) is 0.500. The maximum atomic E-state index is 9.25. The van der Waals surface area contributed by atoms with E-state index in [1.54, 1.807) is 0 Å². The normalized spacial score (nSPS) is 19.3. The van der Waals surface area contributed by atoms with E-state index in [1.807, 2.05) is 25.1 Å². The number of thiocarbonyl (C=S) groups is 1. The molecule has 1 aliphatic rings. The second-order valence-electron chi connectivity index (χ2n) is 4.98. The molecule has 1 atom stereocenters. The van der Waals surface area contributed by atoms with Crippen molar-refractivity contribution in [2.24, 2.45) is 5.92 Å². The van der Waals surface area contributed by atoms with Crippen molar-refractivity contribution in [3.05, 3.63) is 28.8 Å². The molecule has 104 valence electrons. The zero-order valence-corrected chi connectivity index (χ0v) is 12.6. The number of nitrogens with zero attached hydrogens (tertiary/aromatic N) is 1. The number of piperidine rings is 1. The number of hydrogen-bond donors (Lipinski definition) is 2. The van der Waals surface area contributed by atoms with Crippen molar-refractivity contribution in [1.82, 2.24) is 4.90 Å². The van der Waals surface area contributed by atoms with Crippen LogP contribution in [0.2, 0.25) is 5.02 Å². The van der Waals surface area contributed by atoms with E-state index in [4.69, 9.17) is 23.8 Å². The molecule has 1 aromatic carbocycles. The Morgan fingerprint density at radius 3 is 3.11 bits per heavy atom. The second kappa shape index (κ2) is 6.55. The van der Waals surface area contributed by atoms with Crippen molar-refractivity contribution < 1.29 is 5.11 Å². The van der Waals surface area contributed by atoms with Crippen LogP contribution in [0.5, 0.6) is 0 Å². The van der Waals surface area contributed by atoms with Crippen molar-refractivity contribution in [2.45, 2.75) is 19.8 Å². The highest BCUT2D eigenvalue weighted by Gasteiger charge is 2.21. The molecule has 1 aliphatic heterocycles. The minimum Gasteiger partial charge on any atom is -0.396 e. The summed E-state index contributed by atoms with van der Waals surface area (Å²) in [5.41, 5.74) is 1.95. The zero-order chi connectivity index (χ0) is 13.8. The molecule has 0 saturated carbocycles. The highest BCUT2D eigenvalue weighted by atomic mass is 35.5. The van der Waals surface area contributed by atoms with Gasteiger partial charge in [0.2, 0.25) is 0 Å². The monoisotopic (exact) mass is 298 g/mol. The van der Waals surface area contributed by atoms with Gasteiger partial charge in [-0.15, -0.1) is 0 Å². The average Bonchev–Trinajstić information content (AvgIpc) is 2.44. The second-order valence-corrected chi connectivity index (χ2v) is 5.77. The lowest BCUT2D eigenvalue weighted by atomic mass is 9.99. The fourth-order valence-electron chi connectivity index (χ4n) is 2.34. The molecule has 3 nitrogen and oxygen atoms in total. The number of hydrogen-bond acceptors (Lipinski definition) is 2. The Bertz CT molecular complexity index is 467. The average molecular weight is 299 g/mol. The maximum Gasteiger partial charge on any atom is 0.173 e. The third kappa shape index (κ3) is 3.59. The molecule has 0 unspecified atom stereocenters. The Hall–Kier alpha value is -0.840. The SMILES string of the molecule is Cc1c(Cl)cccc1NC(=S)N1CCC[C@H](CO)C1. The van der Waals surface area contributed by atoms with Gasteiger partial charge in [0, 0.05) is 30.4 Å². The number of halogens is 1. The Labute approximate surface area is 124 Å². The van der Waals surface area contributed by atoms with Gasteiger partial charge in [-0.2, -0.15) is 0 Å². The van der Waals surface area contributed by atoms with E-state index in [1.165, 1.54) is 0 Å². The zero-order valence-electron chi connectivity index (χ0n) is 11.0. The first-order chi connectivity index (χ1) is 9.11. The highest BCUT2D eigenvalue weighted by molar-refractivity contribution is 7.80. The molecular weight excluding hydrogens is 280 g/mol. The van der Waals surface area contributed by atoms with Gasteiger partial charge in [-0.3, -0.25) is 0 Å². The molecule has 2 N–H and O–H groups in total. The van der Waals surface area contributed by atoms with E-state index in [2.05, 4.69) is 10.2 Å². The minimum absolute atomic E-state index is 0.231. The molecule has 19 heavy (non-hydrogen) atoms. The summed E-state index contributed by atoms with van der Waals surface area (Å²) >= 11 is 11.5. The summed E-state index contributed by atoms with van der Waals surface area (Å²) in [5, 5.41) is 14.0. The van der Waals surface area contributed by atoms with Crippen LogP contribution in [0.1, 0.15) is 18.4 Å². The van der Waals surface area contributed by atoms with E-state index in [0.717, 1.165) is 42.2 Å². The molecule has 0 aromatic heterocycles. The number of rotatable bonds is 2. The number of benzene rings is 1. The third-order valence-corrected chi connectivity index (χ3v) is 4.34.